The maximum atomic E-state index is 12.0. The van der Waals surface area contributed by atoms with Gasteiger partial charge in [0.15, 0.2) is 0 Å². The number of aliphatic carboxylic acids is 1. The number of hydrogen-bond acceptors (Lipinski definition) is 5. The molecule has 22 heavy (non-hydrogen) atoms. The van der Waals surface area contributed by atoms with E-state index in [4.69, 9.17) is 5.11 Å². The van der Waals surface area contributed by atoms with E-state index in [0.29, 0.717) is 11.3 Å². The van der Waals surface area contributed by atoms with E-state index < -0.39 is 16.8 Å². The molecule has 0 saturated heterocycles. The van der Waals surface area contributed by atoms with Gasteiger partial charge in [0.1, 0.15) is 0 Å². The maximum absolute atomic E-state index is 12.0. The summed E-state index contributed by atoms with van der Waals surface area (Å²) in [6.07, 6.45) is 1.28. The molecule has 1 aromatic carbocycles. The first-order valence-corrected chi connectivity index (χ1v) is 6.33. The Balaban J connectivity index is 2.42. The molecule has 8 nitrogen and oxygen atoms in total. The minimum atomic E-state index is -1.11. The second-order valence-electron chi connectivity index (χ2n) is 4.53. The van der Waals surface area contributed by atoms with Gasteiger partial charge in [-0.05, 0) is 17.7 Å². The smallest absolute Gasteiger partial charge is 0.333 e. The van der Waals surface area contributed by atoms with Crippen molar-refractivity contribution in [2.24, 2.45) is 0 Å². The molecule has 1 aliphatic rings. The highest BCUT2D eigenvalue weighted by Gasteiger charge is 2.24. The fraction of sp³-hybridized carbons (Fsp3) is 0.143. The molecule has 1 aromatic rings. The SMILES string of the molecule is CNC(=O)C1=C(c2ccc([N+](=O)[O-])cc2)NC=C(C(=O)O)C1. The van der Waals surface area contributed by atoms with Crippen molar-refractivity contribution in [2.75, 3.05) is 7.05 Å². The van der Waals surface area contributed by atoms with Gasteiger partial charge in [0.05, 0.1) is 16.2 Å². The number of rotatable bonds is 4. The van der Waals surface area contributed by atoms with E-state index in [2.05, 4.69) is 10.6 Å². The second-order valence-corrected chi connectivity index (χ2v) is 4.53. The monoisotopic (exact) mass is 303 g/mol. The Bertz CT molecular complexity index is 704. The van der Waals surface area contributed by atoms with E-state index >= 15 is 0 Å². The van der Waals surface area contributed by atoms with E-state index in [1.165, 1.54) is 37.5 Å². The van der Waals surface area contributed by atoms with Crippen LogP contribution in [0.5, 0.6) is 0 Å². The summed E-state index contributed by atoms with van der Waals surface area (Å²) in [5.74, 6) is -1.52. The number of nitro benzene ring substituents is 1. The molecule has 1 aliphatic heterocycles. The summed E-state index contributed by atoms with van der Waals surface area (Å²) in [5.41, 5.74) is 1.24. The molecular weight excluding hydrogens is 290 g/mol. The molecule has 0 radical (unpaired) electrons. The van der Waals surface area contributed by atoms with Crippen molar-refractivity contribution in [3.8, 4) is 0 Å². The third kappa shape index (κ3) is 2.95. The fourth-order valence-electron chi connectivity index (χ4n) is 2.07. The highest BCUT2D eigenvalue weighted by atomic mass is 16.6. The van der Waals surface area contributed by atoms with Crippen molar-refractivity contribution in [2.45, 2.75) is 6.42 Å². The third-order valence-corrected chi connectivity index (χ3v) is 3.20. The number of carbonyl (C=O) groups excluding carboxylic acids is 1. The average molecular weight is 303 g/mol. The van der Waals surface area contributed by atoms with Crippen LogP contribution >= 0.6 is 0 Å². The van der Waals surface area contributed by atoms with Crippen molar-refractivity contribution in [1.29, 1.82) is 0 Å². The van der Waals surface area contributed by atoms with E-state index in [1.54, 1.807) is 0 Å². The molecule has 1 amide bonds. The molecule has 1 heterocycles. The number of nitrogens with zero attached hydrogens (tertiary/aromatic N) is 1. The summed E-state index contributed by atoms with van der Waals surface area (Å²) in [6, 6.07) is 5.65. The molecular formula is C14H13N3O5. The Kier molecular flexibility index (Phi) is 4.21. The molecule has 3 N–H and O–H groups in total. The highest BCUT2D eigenvalue weighted by Crippen LogP contribution is 2.27. The zero-order valence-corrected chi connectivity index (χ0v) is 11.6. The largest absolute Gasteiger partial charge is 0.478 e. The molecule has 0 bridgehead atoms. The van der Waals surface area contributed by atoms with Gasteiger partial charge in [-0.1, -0.05) is 0 Å². The number of dihydropyridines is 1. The van der Waals surface area contributed by atoms with Crippen LogP contribution in [0, 0.1) is 10.1 Å². The molecule has 0 fully saturated rings. The van der Waals surface area contributed by atoms with Gasteiger partial charge in [-0.25, -0.2) is 4.79 Å². The lowest BCUT2D eigenvalue weighted by Gasteiger charge is -2.20. The van der Waals surface area contributed by atoms with Gasteiger partial charge >= 0.3 is 5.97 Å². The van der Waals surface area contributed by atoms with Crippen LogP contribution in [-0.2, 0) is 9.59 Å². The number of likely N-dealkylation sites (N-methyl/N-ethyl adjacent to an activating group) is 1. The molecule has 0 spiro atoms. The fourth-order valence-corrected chi connectivity index (χ4v) is 2.07. The number of amides is 1. The van der Waals surface area contributed by atoms with Crippen LogP contribution in [0.4, 0.5) is 5.69 Å². The normalized spacial score (nSPS) is 14.0. The molecule has 0 saturated carbocycles. The Labute approximate surface area is 125 Å². The van der Waals surface area contributed by atoms with E-state index in [1.807, 2.05) is 0 Å². The van der Waals surface area contributed by atoms with Crippen LogP contribution in [0.2, 0.25) is 0 Å². The number of carboxylic acid groups (broad SMARTS) is 1. The van der Waals surface area contributed by atoms with E-state index in [9.17, 15) is 19.7 Å². The number of benzene rings is 1. The Morgan fingerprint density at radius 2 is 1.95 bits per heavy atom. The lowest BCUT2D eigenvalue weighted by molar-refractivity contribution is -0.384. The van der Waals surface area contributed by atoms with Crippen LogP contribution in [0.15, 0.2) is 41.6 Å². The third-order valence-electron chi connectivity index (χ3n) is 3.20. The molecule has 114 valence electrons. The average Bonchev–Trinajstić information content (AvgIpc) is 2.53. The Morgan fingerprint density at radius 1 is 1.32 bits per heavy atom. The molecule has 0 atom stereocenters. The minimum Gasteiger partial charge on any atom is -0.478 e. The van der Waals surface area contributed by atoms with Crippen molar-refractivity contribution in [3.63, 3.8) is 0 Å². The van der Waals surface area contributed by atoms with Gasteiger partial charge in [-0.15, -0.1) is 0 Å². The van der Waals surface area contributed by atoms with Crippen molar-refractivity contribution in [1.82, 2.24) is 10.6 Å². The quantitative estimate of drug-likeness (QED) is 0.564. The van der Waals surface area contributed by atoms with Gasteiger partial charge in [0, 0.05) is 37.4 Å². The van der Waals surface area contributed by atoms with Crippen LogP contribution in [-0.4, -0.2) is 29.0 Å². The number of nitrogens with one attached hydrogen (secondary N) is 2. The standard InChI is InChI=1S/C14H13N3O5/c1-15-13(18)11-6-9(14(19)20)7-16-12(11)8-2-4-10(5-3-8)17(21)22/h2-5,7,16H,6H2,1H3,(H,15,18)(H,19,20). The molecule has 2 rings (SSSR count). The first-order valence-electron chi connectivity index (χ1n) is 6.33. The summed E-state index contributed by atoms with van der Waals surface area (Å²) in [5, 5.41) is 24.9. The van der Waals surface area contributed by atoms with Gasteiger partial charge in [-0.3, -0.25) is 14.9 Å². The predicted molar refractivity (Wildman–Crippen MR) is 77.6 cm³/mol. The number of nitro groups is 1. The first-order chi connectivity index (χ1) is 10.4. The van der Waals surface area contributed by atoms with E-state index in [0.717, 1.165) is 0 Å². The highest BCUT2D eigenvalue weighted by molar-refractivity contribution is 6.04. The molecule has 0 aromatic heterocycles. The Morgan fingerprint density at radius 3 is 2.45 bits per heavy atom. The summed E-state index contributed by atoms with van der Waals surface area (Å²) in [7, 11) is 1.45. The number of non-ortho nitro benzene ring substituents is 1. The molecule has 8 heteroatoms. The van der Waals surface area contributed by atoms with Gasteiger partial charge in [0.2, 0.25) is 5.91 Å². The van der Waals surface area contributed by atoms with Crippen molar-refractivity contribution < 1.29 is 19.6 Å². The zero-order valence-electron chi connectivity index (χ0n) is 11.6. The van der Waals surface area contributed by atoms with Crippen LogP contribution in [0.25, 0.3) is 5.70 Å². The number of carboxylic acids is 1. The predicted octanol–water partition coefficient (Wildman–Crippen LogP) is 1.01. The van der Waals surface area contributed by atoms with Crippen molar-refractivity contribution >= 4 is 23.3 Å². The second kappa shape index (κ2) is 6.08. The molecule has 0 unspecified atom stereocenters. The van der Waals surface area contributed by atoms with E-state index in [-0.39, 0.29) is 23.3 Å². The van der Waals surface area contributed by atoms with Crippen LogP contribution in [0.3, 0.4) is 0 Å². The van der Waals surface area contributed by atoms with Gasteiger partial charge < -0.3 is 15.7 Å². The lowest BCUT2D eigenvalue weighted by atomic mass is 9.96. The summed E-state index contributed by atoms with van der Waals surface area (Å²) < 4.78 is 0. The topological polar surface area (TPSA) is 122 Å². The van der Waals surface area contributed by atoms with Crippen LogP contribution in [0.1, 0.15) is 12.0 Å². The summed E-state index contributed by atoms with van der Waals surface area (Å²) in [6.45, 7) is 0. The van der Waals surface area contributed by atoms with Crippen LogP contribution < -0.4 is 10.6 Å². The molecule has 0 aliphatic carbocycles. The van der Waals surface area contributed by atoms with Gasteiger partial charge in [0.25, 0.3) is 5.69 Å². The summed E-state index contributed by atoms with van der Waals surface area (Å²) >= 11 is 0. The van der Waals surface area contributed by atoms with Crippen molar-refractivity contribution in [3.05, 3.63) is 57.3 Å². The number of carbonyl (C=O) groups is 2. The number of hydrogen-bond donors (Lipinski definition) is 3. The summed E-state index contributed by atoms with van der Waals surface area (Å²) in [4.78, 5) is 33.1. The Hall–Kier alpha value is -3.16. The minimum absolute atomic E-state index is 0.0334. The zero-order chi connectivity index (χ0) is 16.3. The maximum Gasteiger partial charge on any atom is 0.333 e. The lowest BCUT2D eigenvalue weighted by Crippen LogP contribution is -2.27. The van der Waals surface area contributed by atoms with Gasteiger partial charge in [-0.2, -0.15) is 0 Å². The first kappa shape index (κ1) is 15.2.